The second kappa shape index (κ2) is 8.61. The molecule has 170 valence electrons. The molecule has 0 aliphatic carbocycles. The Morgan fingerprint density at radius 1 is 0.906 bits per heavy atom. The van der Waals surface area contributed by atoms with Crippen LogP contribution in [0.5, 0.6) is 0 Å². The van der Waals surface area contributed by atoms with Crippen molar-refractivity contribution in [3.05, 3.63) is 64.5 Å². The lowest BCUT2D eigenvalue weighted by atomic mass is 9.87. The molecule has 0 bridgehead atoms. The van der Waals surface area contributed by atoms with Gasteiger partial charge in [-0.2, -0.15) is 4.31 Å². The summed E-state index contributed by atoms with van der Waals surface area (Å²) in [5.41, 5.74) is 5.75. The number of aromatic nitrogens is 1. The van der Waals surface area contributed by atoms with Crippen LogP contribution in [0.15, 0.2) is 52.7 Å². The molecule has 1 aliphatic rings. The van der Waals surface area contributed by atoms with Crippen LogP contribution in [-0.2, 0) is 15.4 Å². The molecule has 32 heavy (non-hydrogen) atoms. The predicted molar refractivity (Wildman–Crippen MR) is 133 cm³/mol. The highest BCUT2D eigenvalue weighted by Crippen LogP contribution is 2.32. The lowest BCUT2D eigenvalue weighted by Crippen LogP contribution is -2.48. The molecule has 1 fully saturated rings. The number of piperazine rings is 1. The largest absolute Gasteiger partial charge is 0.345 e. The van der Waals surface area contributed by atoms with Crippen LogP contribution >= 0.6 is 11.3 Å². The highest BCUT2D eigenvalue weighted by Gasteiger charge is 2.30. The van der Waals surface area contributed by atoms with Gasteiger partial charge >= 0.3 is 0 Å². The van der Waals surface area contributed by atoms with Gasteiger partial charge in [-0.1, -0.05) is 51.1 Å². The maximum Gasteiger partial charge on any atom is 0.243 e. The van der Waals surface area contributed by atoms with Crippen molar-refractivity contribution in [1.29, 1.82) is 0 Å². The van der Waals surface area contributed by atoms with Crippen LogP contribution in [0.3, 0.4) is 0 Å². The van der Waals surface area contributed by atoms with Gasteiger partial charge in [0.15, 0.2) is 5.13 Å². The average molecular weight is 470 g/mol. The number of nitrogens with zero attached hydrogens (tertiary/aromatic N) is 3. The minimum absolute atomic E-state index is 0.00267. The Labute approximate surface area is 195 Å². The summed E-state index contributed by atoms with van der Waals surface area (Å²) in [4.78, 5) is 7.44. The van der Waals surface area contributed by atoms with Gasteiger partial charge in [0.1, 0.15) is 0 Å². The molecule has 0 N–H and O–H groups in total. The third kappa shape index (κ3) is 4.47. The maximum atomic E-state index is 13.1. The van der Waals surface area contributed by atoms with Gasteiger partial charge in [-0.25, -0.2) is 13.4 Å². The van der Waals surface area contributed by atoms with Crippen molar-refractivity contribution >= 4 is 26.5 Å². The molecule has 2 heterocycles. The summed E-state index contributed by atoms with van der Waals surface area (Å²) < 4.78 is 27.9. The third-order valence-corrected chi connectivity index (χ3v) is 8.91. The van der Waals surface area contributed by atoms with Crippen LogP contribution < -0.4 is 4.90 Å². The standard InChI is InChI=1S/C25H31N3O2S2/c1-18-7-6-8-19(2)23(18)22-17-31-24(26-22)27-13-15-28(16-14-27)32(29,30)21-11-9-20(10-12-21)25(3,4)5/h6-12,17H,13-16H2,1-5H3. The van der Waals surface area contributed by atoms with E-state index in [1.54, 1.807) is 27.8 Å². The van der Waals surface area contributed by atoms with E-state index in [2.05, 4.69) is 63.1 Å². The number of thiazole rings is 1. The second-order valence-corrected chi connectivity index (χ2v) is 12.2. The summed E-state index contributed by atoms with van der Waals surface area (Å²) in [5.74, 6) is 0. The van der Waals surface area contributed by atoms with E-state index in [1.165, 1.54) is 16.7 Å². The topological polar surface area (TPSA) is 53.5 Å². The Balaban J connectivity index is 1.46. The highest BCUT2D eigenvalue weighted by atomic mass is 32.2. The molecule has 0 amide bonds. The molecule has 1 saturated heterocycles. The van der Waals surface area contributed by atoms with Crippen molar-refractivity contribution in [1.82, 2.24) is 9.29 Å². The van der Waals surface area contributed by atoms with Gasteiger partial charge in [0.2, 0.25) is 10.0 Å². The van der Waals surface area contributed by atoms with Crippen LogP contribution in [-0.4, -0.2) is 43.9 Å². The lowest BCUT2D eigenvalue weighted by Gasteiger charge is -2.33. The Morgan fingerprint density at radius 2 is 1.50 bits per heavy atom. The number of anilines is 1. The molecular weight excluding hydrogens is 438 g/mol. The van der Waals surface area contributed by atoms with Crippen LogP contribution in [0.25, 0.3) is 11.3 Å². The zero-order valence-corrected chi connectivity index (χ0v) is 21.1. The Bertz CT molecular complexity index is 1180. The number of sulfonamides is 1. The predicted octanol–water partition coefficient (Wildman–Crippen LogP) is 5.24. The Hall–Kier alpha value is -2.22. The van der Waals surface area contributed by atoms with Gasteiger partial charge in [0, 0.05) is 37.1 Å². The molecule has 7 heteroatoms. The van der Waals surface area contributed by atoms with Crippen LogP contribution in [0.4, 0.5) is 5.13 Å². The Kier molecular flexibility index (Phi) is 6.18. The summed E-state index contributed by atoms with van der Waals surface area (Å²) in [7, 11) is -3.49. The van der Waals surface area contributed by atoms with E-state index < -0.39 is 10.0 Å². The fourth-order valence-corrected chi connectivity index (χ4v) is 6.43. The van der Waals surface area contributed by atoms with Gasteiger partial charge in [-0.3, -0.25) is 0 Å². The van der Waals surface area contributed by atoms with Crippen molar-refractivity contribution in [3.8, 4) is 11.3 Å². The monoisotopic (exact) mass is 469 g/mol. The summed E-state index contributed by atoms with van der Waals surface area (Å²) >= 11 is 1.62. The van der Waals surface area contributed by atoms with Crippen molar-refractivity contribution in [3.63, 3.8) is 0 Å². The minimum atomic E-state index is -3.49. The molecule has 4 rings (SSSR count). The number of benzene rings is 2. The quantitative estimate of drug-likeness (QED) is 0.525. The first-order chi connectivity index (χ1) is 15.1. The van der Waals surface area contributed by atoms with Gasteiger partial charge in [0.05, 0.1) is 10.6 Å². The van der Waals surface area contributed by atoms with E-state index >= 15 is 0 Å². The molecule has 3 aromatic rings. The summed E-state index contributed by atoms with van der Waals surface area (Å²) in [5, 5.41) is 3.05. The van der Waals surface area contributed by atoms with E-state index in [1.807, 2.05) is 12.1 Å². The van der Waals surface area contributed by atoms with Gasteiger partial charge in [-0.05, 0) is 48.1 Å². The molecule has 0 atom stereocenters. The van der Waals surface area contributed by atoms with E-state index in [0.29, 0.717) is 31.1 Å². The molecule has 5 nitrogen and oxygen atoms in total. The number of rotatable bonds is 4. The fourth-order valence-electron chi connectivity index (χ4n) is 4.14. The fraction of sp³-hybridized carbons (Fsp3) is 0.400. The highest BCUT2D eigenvalue weighted by molar-refractivity contribution is 7.89. The first-order valence-corrected chi connectivity index (χ1v) is 13.3. The summed E-state index contributed by atoms with van der Waals surface area (Å²) in [6.07, 6.45) is 0. The zero-order valence-electron chi connectivity index (χ0n) is 19.4. The molecule has 1 aliphatic heterocycles. The Morgan fingerprint density at radius 3 is 2.06 bits per heavy atom. The number of hydrogen-bond donors (Lipinski definition) is 0. The van der Waals surface area contributed by atoms with E-state index in [-0.39, 0.29) is 5.41 Å². The lowest BCUT2D eigenvalue weighted by molar-refractivity contribution is 0.384. The zero-order chi connectivity index (χ0) is 23.1. The van der Waals surface area contributed by atoms with Crippen molar-refractivity contribution in [2.75, 3.05) is 31.1 Å². The first-order valence-electron chi connectivity index (χ1n) is 10.9. The maximum absolute atomic E-state index is 13.1. The van der Waals surface area contributed by atoms with Gasteiger partial charge in [-0.15, -0.1) is 11.3 Å². The number of aryl methyl sites for hydroxylation is 2. The van der Waals surface area contributed by atoms with E-state index in [4.69, 9.17) is 4.98 Å². The van der Waals surface area contributed by atoms with Gasteiger partial charge in [0.25, 0.3) is 0 Å². The smallest absolute Gasteiger partial charge is 0.243 e. The van der Waals surface area contributed by atoms with Gasteiger partial charge < -0.3 is 4.90 Å². The average Bonchev–Trinajstić information content (AvgIpc) is 3.23. The molecule has 0 saturated carbocycles. The van der Waals surface area contributed by atoms with Crippen molar-refractivity contribution in [2.45, 2.75) is 44.9 Å². The molecule has 0 spiro atoms. The molecule has 1 aromatic heterocycles. The molecule has 0 radical (unpaired) electrons. The van der Waals surface area contributed by atoms with Crippen molar-refractivity contribution in [2.24, 2.45) is 0 Å². The molecular formula is C25H31N3O2S2. The summed E-state index contributed by atoms with van der Waals surface area (Å²) in [6.45, 7) is 12.8. The van der Waals surface area contributed by atoms with E-state index in [9.17, 15) is 8.42 Å². The van der Waals surface area contributed by atoms with Crippen LogP contribution in [0, 0.1) is 13.8 Å². The second-order valence-electron chi connectivity index (χ2n) is 9.45. The molecule has 2 aromatic carbocycles. The third-order valence-electron chi connectivity index (χ3n) is 6.10. The minimum Gasteiger partial charge on any atom is -0.345 e. The normalized spacial score (nSPS) is 15.8. The van der Waals surface area contributed by atoms with Crippen LogP contribution in [0.2, 0.25) is 0 Å². The first kappa shape index (κ1) is 23.0. The SMILES string of the molecule is Cc1cccc(C)c1-c1csc(N2CCN(S(=O)(=O)c3ccc(C(C)(C)C)cc3)CC2)n1. The van der Waals surface area contributed by atoms with Crippen LogP contribution in [0.1, 0.15) is 37.5 Å². The summed E-state index contributed by atoms with van der Waals surface area (Å²) in [6, 6.07) is 13.6. The molecule has 0 unspecified atom stereocenters. The number of hydrogen-bond acceptors (Lipinski definition) is 5. The van der Waals surface area contributed by atoms with E-state index in [0.717, 1.165) is 16.4 Å². The van der Waals surface area contributed by atoms with Crippen molar-refractivity contribution < 1.29 is 8.42 Å².